The van der Waals surface area contributed by atoms with Gasteiger partial charge in [-0.2, -0.15) is 5.06 Å². The number of hydrogen-bond acceptors (Lipinski definition) is 12. The minimum atomic E-state index is -1.52. The highest BCUT2D eigenvalue weighted by molar-refractivity contribution is 5.96. The fraction of sp³-hybridized carbons (Fsp3) is 0.667. The number of carbonyl (C=O) groups is 4. The minimum Gasteiger partial charge on any atom is -0.460 e. The van der Waals surface area contributed by atoms with Crippen LogP contribution in [0.15, 0.2) is 60.7 Å². The number of ether oxygens (including phenoxy) is 5. The number of nitrogens with zero attached hydrogens (tertiary/aromatic N) is 2. The number of hydrogen-bond donors (Lipinski definition) is 2. The molecule has 2 aromatic carbocycles. The first kappa shape index (κ1) is 50.2. The lowest BCUT2D eigenvalue weighted by Gasteiger charge is -2.50. The molecule has 0 spiro atoms. The van der Waals surface area contributed by atoms with Crippen LogP contribution in [0.4, 0.5) is 0 Å². The third-order valence-electron chi connectivity index (χ3n) is 14.9. The van der Waals surface area contributed by atoms with Crippen molar-refractivity contribution in [1.82, 2.24) is 15.3 Å². The number of hydroxylamine groups is 2. The number of aliphatic hydroxyl groups is 1. The van der Waals surface area contributed by atoms with E-state index in [-0.39, 0.29) is 32.2 Å². The topological polar surface area (TPSA) is 166 Å². The van der Waals surface area contributed by atoms with Crippen molar-refractivity contribution < 1.29 is 52.8 Å². The molecule has 2 N–H and O–H groups in total. The summed E-state index contributed by atoms with van der Waals surface area (Å²) in [6.45, 7) is 9.42. The summed E-state index contributed by atoms with van der Waals surface area (Å²) < 4.78 is 31.7. The molecule has 14 nitrogen and oxygen atoms in total. The number of carbonyl (C=O) groups excluding carboxylic acids is 4. The van der Waals surface area contributed by atoms with E-state index in [0.29, 0.717) is 31.0 Å². The van der Waals surface area contributed by atoms with Crippen LogP contribution in [0.1, 0.15) is 141 Å². The Morgan fingerprint density at radius 2 is 1.63 bits per heavy atom. The number of epoxide rings is 1. The van der Waals surface area contributed by atoms with Crippen molar-refractivity contribution >= 4 is 29.8 Å². The quantitative estimate of drug-likeness (QED) is 0.0685. The highest BCUT2D eigenvalue weighted by Gasteiger charge is 2.76. The van der Waals surface area contributed by atoms with Crippen molar-refractivity contribution in [3.8, 4) is 0 Å². The van der Waals surface area contributed by atoms with Gasteiger partial charge in [-0.05, 0) is 81.9 Å². The van der Waals surface area contributed by atoms with Gasteiger partial charge in [-0.1, -0.05) is 106 Å². The number of allylic oxidation sites excluding steroid dienone is 1. The lowest BCUT2D eigenvalue weighted by atomic mass is 9.62. The van der Waals surface area contributed by atoms with Gasteiger partial charge in [-0.3, -0.25) is 24.0 Å². The van der Waals surface area contributed by atoms with E-state index in [0.717, 1.165) is 74.5 Å². The van der Waals surface area contributed by atoms with Gasteiger partial charge < -0.3 is 39.0 Å². The Balaban J connectivity index is 1.10. The van der Waals surface area contributed by atoms with Crippen molar-refractivity contribution in [3.63, 3.8) is 0 Å². The van der Waals surface area contributed by atoms with E-state index in [1.807, 2.05) is 42.5 Å². The van der Waals surface area contributed by atoms with Gasteiger partial charge in [0.05, 0.1) is 31.4 Å². The first-order chi connectivity index (χ1) is 32.7. The number of unbranched alkanes of at least 4 members (excludes halogenated alkanes) is 4. The molecule has 4 heterocycles. The van der Waals surface area contributed by atoms with Gasteiger partial charge >= 0.3 is 11.9 Å². The summed E-state index contributed by atoms with van der Waals surface area (Å²) in [7, 11) is 1.60. The third-order valence-corrected chi connectivity index (χ3v) is 14.9. The number of benzene rings is 2. The first-order valence-electron chi connectivity index (χ1n) is 25.5. The maximum absolute atomic E-state index is 15.9. The standard InChI is InChI=1S/C54H75N3O11/c1-7-9-14-28-53(29-15-10-8-2)66-45-43-32-54(51(62)56(6)40(30-36-16-12-11-13-17-36)49(60)55-39(34-58)25-27-44(59)65-52(3,4)5)47(50(61)64-43)57(68-48(54)46(45)67-53)33-38-22-19-35(20-23-38)18-21-37-24-26-41-42(31-37)63-41/h11-13,16-23,37,39-43,45-48,58H,7-10,14-15,24-34H2,1-6H3,(H,55,60)/t37?,39-,40+,41?,42?,43+,45-,46-,47-,48+,54-/m0/s1. The highest BCUT2D eigenvalue weighted by Crippen LogP contribution is 2.58. The smallest absolute Gasteiger partial charge is 0.327 e. The SMILES string of the molecule is CCCCCC1(CCCCC)O[C@@H]2[C@H](O1)[C@H]1ON(Cc3ccc(C=CC4CCC5OC5C4)cc3)[C@H]3C(=O)O[C@@H]2C[C@@]13C(=O)N(C)[C@H](Cc1ccccc1)C(=O)N[C@H](CO)CCC(=O)OC(C)(C)C. The molecule has 2 amide bonds. The van der Waals surface area contributed by atoms with E-state index in [9.17, 15) is 19.5 Å². The minimum absolute atomic E-state index is 0.0243. The second-order valence-electron chi connectivity index (χ2n) is 21.2. The van der Waals surface area contributed by atoms with Crippen molar-refractivity contribution in [2.75, 3.05) is 13.7 Å². The molecule has 68 heavy (non-hydrogen) atoms. The number of nitrogens with one attached hydrogen (secondary N) is 1. The maximum atomic E-state index is 15.9. The Hall–Kier alpha value is -4.18. The number of aliphatic hydroxyl groups excluding tert-OH is 1. The normalized spacial score (nSPS) is 30.0. The maximum Gasteiger partial charge on any atom is 0.327 e. The molecule has 8 rings (SSSR count). The van der Waals surface area contributed by atoms with Gasteiger partial charge in [0.1, 0.15) is 41.5 Å². The average Bonchev–Trinajstić information content (AvgIpc) is 3.87. The number of esters is 2. The van der Waals surface area contributed by atoms with Crippen LogP contribution < -0.4 is 5.32 Å². The molecule has 2 aromatic rings. The molecule has 6 aliphatic rings. The van der Waals surface area contributed by atoms with Crippen LogP contribution in [0.5, 0.6) is 0 Å². The van der Waals surface area contributed by atoms with Crippen LogP contribution in [0, 0.1) is 11.3 Å². The lowest BCUT2D eigenvalue weighted by molar-refractivity contribution is -0.225. The van der Waals surface area contributed by atoms with Crippen LogP contribution in [0.25, 0.3) is 6.08 Å². The van der Waals surface area contributed by atoms with Gasteiger partial charge in [-0.25, -0.2) is 0 Å². The largest absolute Gasteiger partial charge is 0.460 e. The molecule has 2 saturated carbocycles. The Kier molecular flexibility index (Phi) is 15.8. The second kappa shape index (κ2) is 21.4. The van der Waals surface area contributed by atoms with Gasteiger partial charge in [0.15, 0.2) is 11.8 Å². The van der Waals surface area contributed by atoms with Crippen molar-refractivity contribution in [1.29, 1.82) is 0 Å². The Bertz CT molecular complexity index is 2080. The molecule has 6 fully saturated rings. The van der Waals surface area contributed by atoms with E-state index < -0.39 is 89.7 Å². The zero-order valence-corrected chi connectivity index (χ0v) is 41.1. The van der Waals surface area contributed by atoms with Crippen LogP contribution in [0.2, 0.25) is 0 Å². The summed E-state index contributed by atoms with van der Waals surface area (Å²) in [4.78, 5) is 66.3. The predicted molar refractivity (Wildman–Crippen MR) is 254 cm³/mol. The second-order valence-corrected chi connectivity index (χ2v) is 21.2. The van der Waals surface area contributed by atoms with Crippen LogP contribution >= 0.6 is 0 Å². The molecule has 4 aliphatic heterocycles. The molecule has 2 bridgehead atoms. The first-order valence-corrected chi connectivity index (χ1v) is 25.5. The number of fused-ring (bicyclic) bond motifs is 5. The average molecular weight is 942 g/mol. The Labute approximate surface area is 402 Å². The van der Waals surface area contributed by atoms with E-state index in [1.165, 1.54) is 4.90 Å². The fourth-order valence-electron chi connectivity index (χ4n) is 11.4. The van der Waals surface area contributed by atoms with Crippen LogP contribution in [-0.4, -0.2) is 119 Å². The van der Waals surface area contributed by atoms with Gasteiger partial charge in [0.2, 0.25) is 11.8 Å². The van der Waals surface area contributed by atoms with Gasteiger partial charge in [0, 0.05) is 39.2 Å². The van der Waals surface area contributed by atoms with E-state index in [4.69, 9.17) is 28.5 Å². The molecule has 4 saturated heterocycles. The van der Waals surface area contributed by atoms with E-state index in [2.05, 4.69) is 43.4 Å². The number of likely N-dealkylation sites (N-methyl/N-ethyl adjacent to an activating group) is 1. The summed E-state index contributed by atoms with van der Waals surface area (Å²) in [6.07, 6.45) is 13.0. The molecule has 3 unspecified atom stereocenters. The summed E-state index contributed by atoms with van der Waals surface area (Å²) in [5.41, 5.74) is 0.556. The van der Waals surface area contributed by atoms with Crippen LogP contribution in [-0.2, 0) is 60.7 Å². The summed E-state index contributed by atoms with van der Waals surface area (Å²) in [5.74, 6) is -2.42. The van der Waals surface area contributed by atoms with Gasteiger partial charge in [0.25, 0.3) is 0 Å². The van der Waals surface area contributed by atoms with Crippen LogP contribution in [0.3, 0.4) is 0 Å². The van der Waals surface area contributed by atoms with Crippen molar-refractivity contribution in [2.45, 2.75) is 204 Å². The number of rotatable bonds is 22. The molecule has 0 radical (unpaired) electrons. The molecule has 0 aromatic heterocycles. The number of amides is 2. The van der Waals surface area contributed by atoms with E-state index >= 15 is 4.79 Å². The monoisotopic (exact) mass is 942 g/mol. The summed E-state index contributed by atoms with van der Waals surface area (Å²) in [5, 5.41) is 15.0. The zero-order valence-electron chi connectivity index (χ0n) is 41.1. The van der Waals surface area contributed by atoms with Gasteiger partial charge in [-0.15, -0.1) is 0 Å². The Morgan fingerprint density at radius 3 is 2.29 bits per heavy atom. The van der Waals surface area contributed by atoms with Crippen molar-refractivity contribution in [2.24, 2.45) is 11.3 Å². The molecule has 14 heteroatoms. The fourth-order valence-corrected chi connectivity index (χ4v) is 11.4. The predicted octanol–water partition coefficient (Wildman–Crippen LogP) is 7.38. The highest BCUT2D eigenvalue weighted by atomic mass is 16.8. The zero-order chi connectivity index (χ0) is 48.2. The molecular weight excluding hydrogens is 867 g/mol. The van der Waals surface area contributed by atoms with E-state index in [1.54, 1.807) is 32.9 Å². The summed E-state index contributed by atoms with van der Waals surface area (Å²) in [6, 6.07) is 14.6. The third kappa shape index (κ3) is 11.2. The molecule has 2 aliphatic carbocycles. The molecule has 11 atom stereocenters. The van der Waals surface area contributed by atoms with Crippen molar-refractivity contribution in [3.05, 3.63) is 77.4 Å². The molecule has 372 valence electrons. The summed E-state index contributed by atoms with van der Waals surface area (Å²) >= 11 is 0. The Morgan fingerprint density at radius 1 is 0.926 bits per heavy atom. The molecular formula is C54H75N3O11. The lowest BCUT2D eigenvalue weighted by Crippen LogP contribution is -2.70.